The normalized spacial score (nSPS) is 11.2. The van der Waals surface area contributed by atoms with E-state index < -0.39 is 10.0 Å². The van der Waals surface area contributed by atoms with Gasteiger partial charge in [0, 0.05) is 6.54 Å². The van der Waals surface area contributed by atoms with Crippen molar-refractivity contribution in [1.29, 1.82) is 0 Å². The van der Waals surface area contributed by atoms with E-state index in [0.29, 0.717) is 24.6 Å². The van der Waals surface area contributed by atoms with Crippen LogP contribution in [-0.4, -0.2) is 28.7 Å². The van der Waals surface area contributed by atoms with Crippen molar-refractivity contribution >= 4 is 15.7 Å². The van der Waals surface area contributed by atoms with Crippen LogP contribution < -0.4 is 13.8 Å². The van der Waals surface area contributed by atoms with Crippen LogP contribution in [0.5, 0.6) is 11.5 Å². The van der Waals surface area contributed by atoms with Crippen molar-refractivity contribution in [3.05, 3.63) is 48.0 Å². The minimum absolute atomic E-state index is 0.247. The van der Waals surface area contributed by atoms with E-state index in [9.17, 15) is 8.42 Å². The first-order valence-corrected chi connectivity index (χ1v) is 9.28. The van der Waals surface area contributed by atoms with E-state index in [0.717, 1.165) is 11.3 Å². The number of ether oxygens (including phenoxy) is 2. The van der Waals surface area contributed by atoms with Gasteiger partial charge in [-0.3, -0.25) is 4.31 Å². The van der Waals surface area contributed by atoms with Crippen molar-refractivity contribution < 1.29 is 17.9 Å². The maximum atomic E-state index is 13.0. The minimum atomic E-state index is -3.64. The topological polar surface area (TPSA) is 55.8 Å². The van der Waals surface area contributed by atoms with Crippen molar-refractivity contribution in [1.82, 2.24) is 0 Å². The standard InChI is InChI=1S/C18H23NO4S/c1-5-19(15-7-9-16(10-8-15)23-6-2)24(20,21)17-11-12-18(22-4)14(3)13-17/h7-13H,5-6H2,1-4H3. The summed E-state index contributed by atoms with van der Waals surface area (Å²) in [6.07, 6.45) is 0. The monoisotopic (exact) mass is 349 g/mol. The quantitative estimate of drug-likeness (QED) is 0.766. The summed E-state index contributed by atoms with van der Waals surface area (Å²) in [4.78, 5) is 0.247. The number of aryl methyl sites for hydroxylation is 1. The molecule has 24 heavy (non-hydrogen) atoms. The number of rotatable bonds is 7. The van der Waals surface area contributed by atoms with E-state index in [-0.39, 0.29) is 4.90 Å². The fraction of sp³-hybridized carbons (Fsp3) is 0.333. The van der Waals surface area contributed by atoms with E-state index in [1.165, 1.54) is 4.31 Å². The Labute approximate surface area is 143 Å². The predicted octanol–water partition coefficient (Wildman–Crippen LogP) is 3.62. The Morgan fingerprint density at radius 3 is 2.21 bits per heavy atom. The van der Waals surface area contributed by atoms with Crippen LogP contribution in [-0.2, 0) is 10.0 Å². The molecule has 0 heterocycles. The third kappa shape index (κ3) is 3.64. The van der Waals surface area contributed by atoms with Gasteiger partial charge in [0.2, 0.25) is 0 Å². The van der Waals surface area contributed by atoms with Gasteiger partial charge in [0.1, 0.15) is 11.5 Å². The van der Waals surface area contributed by atoms with Crippen molar-refractivity contribution in [2.75, 3.05) is 24.6 Å². The highest BCUT2D eigenvalue weighted by molar-refractivity contribution is 7.92. The van der Waals surface area contributed by atoms with Crippen molar-refractivity contribution in [3.8, 4) is 11.5 Å². The zero-order valence-electron chi connectivity index (χ0n) is 14.4. The highest BCUT2D eigenvalue weighted by atomic mass is 32.2. The summed E-state index contributed by atoms with van der Waals surface area (Å²) in [5, 5.41) is 0. The molecular formula is C18H23NO4S. The molecule has 0 saturated carbocycles. The summed E-state index contributed by atoms with van der Waals surface area (Å²) >= 11 is 0. The van der Waals surface area contributed by atoms with Crippen LogP contribution in [0.25, 0.3) is 0 Å². The molecule has 0 saturated heterocycles. The van der Waals surface area contributed by atoms with Gasteiger partial charge in [0.05, 0.1) is 24.3 Å². The van der Waals surface area contributed by atoms with Gasteiger partial charge in [-0.25, -0.2) is 8.42 Å². The van der Waals surface area contributed by atoms with Crippen LogP contribution in [0.1, 0.15) is 19.4 Å². The highest BCUT2D eigenvalue weighted by Gasteiger charge is 2.24. The number of hydrogen-bond acceptors (Lipinski definition) is 4. The number of benzene rings is 2. The van der Waals surface area contributed by atoms with Gasteiger partial charge in [0.25, 0.3) is 10.0 Å². The number of sulfonamides is 1. The second-order valence-corrected chi connectivity index (χ2v) is 7.09. The average Bonchev–Trinajstić information content (AvgIpc) is 2.57. The second-order valence-electron chi connectivity index (χ2n) is 5.23. The molecule has 0 aliphatic carbocycles. The Hall–Kier alpha value is -2.21. The molecule has 0 amide bonds. The molecule has 2 aromatic rings. The predicted molar refractivity (Wildman–Crippen MR) is 95.5 cm³/mol. The molecule has 0 N–H and O–H groups in total. The molecule has 0 aliphatic rings. The maximum absolute atomic E-state index is 13.0. The summed E-state index contributed by atoms with van der Waals surface area (Å²) in [6, 6.07) is 11.9. The zero-order chi connectivity index (χ0) is 17.7. The molecule has 0 radical (unpaired) electrons. The molecule has 0 bridgehead atoms. The maximum Gasteiger partial charge on any atom is 0.264 e. The summed E-state index contributed by atoms with van der Waals surface area (Å²) in [5.74, 6) is 1.38. The first kappa shape index (κ1) is 18.1. The third-order valence-corrected chi connectivity index (χ3v) is 5.58. The molecule has 0 spiro atoms. The van der Waals surface area contributed by atoms with E-state index in [4.69, 9.17) is 9.47 Å². The SMILES string of the molecule is CCOc1ccc(N(CC)S(=O)(=O)c2ccc(OC)c(C)c2)cc1. The van der Waals surface area contributed by atoms with Crippen LogP contribution in [0.4, 0.5) is 5.69 Å². The van der Waals surface area contributed by atoms with Crippen LogP contribution in [0, 0.1) is 6.92 Å². The number of nitrogens with zero attached hydrogens (tertiary/aromatic N) is 1. The molecule has 0 aromatic heterocycles. The molecule has 2 rings (SSSR count). The van der Waals surface area contributed by atoms with E-state index in [1.807, 2.05) is 20.8 Å². The van der Waals surface area contributed by atoms with Crippen LogP contribution in [0.15, 0.2) is 47.4 Å². The van der Waals surface area contributed by atoms with Gasteiger partial charge < -0.3 is 9.47 Å². The van der Waals surface area contributed by atoms with Gasteiger partial charge in [-0.05, 0) is 68.8 Å². The molecule has 0 unspecified atom stereocenters. The summed E-state index contributed by atoms with van der Waals surface area (Å²) in [5.41, 5.74) is 1.38. The fourth-order valence-corrected chi connectivity index (χ4v) is 4.06. The lowest BCUT2D eigenvalue weighted by Crippen LogP contribution is -2.30. The zero-order valence-corrected chi connectivity index (χ0v) is 15.3. The molecule has 0 aliphatic heterocycles. The molecule has 130 valence electrons. The minimum Gasteiger partial charge on any atom is -0.496 e. The van der Waals surface area contributed by atoms with Crippen molar-refractivity contribution in [2.24, 2.45) is 0 Å². The molecular weight excluding hydrogens is 326 g/mol. The van der Waals surface area contributed by atoms with Crippen molar-refractivity contribution in [3.63, 3.8) is 0 Å². The van der Waals surface area contributed by atoms with Gasteiger partial charge in [-0.1, -0.05) is 0 Å². The van der Waals surface area contributed by atoms with Gasteiger partial charge in [-0.15, -0.1) is 0 Å². The lowest BCUT2D eigenvalue weighted by atomic mass is 10.2. The summed E-state index contributed by atoms with van der Waals surface area (Å²) < 4.78 is 37.9. The third-order valence-electron chi connectivity index (χ3n) is 3.68. The fourth-order valence-electron chi connectivity index (χ4n) is 2.51. The van der Waals surface area contributed by atoms with E-state index >= 15 is 0 Å². The molecule has 2 aromatic carbocycles. The average molecular weight is 349 g/mol. The number of anilines is 1. The smallest absolute Gasteiger partial charge is 0.264 e. The Morgan fingerprint density at radius 2 is 1.71 bits per heavy atom. The van der Waals surface area contributed by atoms with Gasteiger partial charge in [0.15, 0.2) is 0 Å². The Kier molecular flexibility index (Phi) is 5.72. The first-order valence-electron chi connectivity index (χ1n) is 7.84. The molecule has 0 fully saturated rings. The van der Waals surface area contributed by atoms with Gasteiger partial charge >= 0.3 is 0 Å². The second kappa shape index (κ2) is 7.57. The Balaban J connectivity index is 2.39. The lowest BCUT2D eigenvalue weighted by molar-refractivity contribution is 0.340. The van der Waals surface area contributed by atoms with Crippen LogP contribution in [0.3, 0.4) is 0 Å². The summed E-state index contributed by atoms with van der Waals surface area (Å²) in [7, 11) is -2.08. The van der Waals surface area contributed by atoms with Crippen LogP contribution >= 0.6 is 0 Å². The highest BCUT2D eigenvalue weighted by Crippen LogP contribution is 2.28. The molecule has 0 atom stereocenters. The number of methoxy groups -OCH3 is 1. The van der Waals surface area contributed by atoms with E-state index in [1.54, 1.807) is 49.6 Å². The molecule has 5 nitrogen and oxygen atoms in total. The largest absolute Gasteiger partial charge is 0.496 e. The van der Waals surface area contributed by atoms with E-state index in [2.05, 4.69) is 0 Å². The first-order chi connectivity index (χ1) is 11.4. The summed E-state index contributed by atoms with van der Waals surface area (Å²) in [6.45, 7) is 6.44. The lowest BCUT2D eigenvalue weighted by Gasteiger charge is -2.23. The Bertz CT molecular complexity index is 785. The number of hydrogen-bond donors (Lipinski definition) is 0. The molecule has 6 heteroatoms. The van der Waals surface area contributed by atoms with Crippen molar-refractivity contribution in [2.45, 2.75) is 25.7 Å². The Morgan fingerprint density at radius 1 is 1.04 bits per heavy atom. The van der Waals surface area contributed by atoms with Gasteiger partial charge in [-0.2, -0.15) is 0 Å². The van der Waals surface area contributed by atoms with Crippen LogP contribution in [0.2, 0.25) is 0 Å².